The Hall–Kier alpha value is -0.800. The molecule has 1 aliphatic carbocycles. The molecular weight excluding hydrogens is 262 g/mol. The molecule has 2 rings (SSSR count). The van der Waals surface area contributed by atoms with Crippen LogP contribution < -0.4 is 0 Å². The Morgan fingerprint density at radius 3 is 2.76 bits per heavy atom. The lowest BCUT2D eigenvalue weighted by atomic mass is 9.83. The van der Waals surface area contributed by atoms with Crippen molar-refractivity contribution in [2.45, 2.75) is 46.6 Å². The van der Waals surface area contributed by atoms with E-state index in [1.807, 2.05) is 13.0 Å². The van der Waals surface area contributed by atoms with Gasteiger partial charge in [-0.25, -0.2) is 0 Å². The van der Waals surface area contributed by atoms with Crippen molar-refractivity contribution in [3.8, 4) is 0 Å². The molecule has 0 spiro atoms. The van der Waals surface area contributed by atoms with Crippen molar-refractivity contribution in [1.29, 1.82) is 0 Å². The van der Waals surface area contributed by atoms with Crippen LogP contribution >= 0.6 is 0 Å². The maximum atomic E-state index is 9.86. The van der Waals surface area contributed by atoms with Crippen molar-refractivity contribution in [2.24, 2.45) is 17.3 Å². The lowest BCUT2D eigenvalue weighted by molar-refractivity contribution is 0.147. The molecule has 1 saturated carbocycles. The smallest absolute Gasteiger partial charge is 0.0924 e. The Bertz CT molecular complexity index is 429. The van der Waals surface area contributed by atoms with Crippen LogP contribution in [0.4, 0.5) is 0 Å². The summed E-state index contributed by atoms with van der Waals surface area (Å²) >= 11 is 0. The molecule has 120 valence electrons. The molecule has 0 amide bonds. The molecule has 21 heavy (non-hydrogen) atoms. The number of hydrogen-bond donors (Lipinski definition) is 1. The summed E-state index contributed by atoms with van der Waals surface area (Å²) in [5.41, 5.74) is 1.73. The van der Waals surface area contributed by atoms with Gasteiger partial charge in [0.2, 0.25) is 0 Å². The first-order valence-electron chi connectivity index (χ1n) is 8.13. The van der Waals surface area contributed by atoms with Gasteiger partial charge in [0.05, 0.1) is 19.0 Å². The van der Waals surface area contributed by atoms with Gasteiger partial charge in [0.25, 0.3) is 0 Å². The van der Waals surface area contributed by atoms with Crippen molar-refractivity contribution < 1.29 is 9.84 Å². The van der Waals surface area contributed by atoms with E-state index in [1.54, 1.807) is 7.11 Å². The van der Waals surface area contributed by atoms with E-state index >= 15 is 0 Å². The number of hydrogen-bond acceptors (Lipinski definition) is 3. The molecule has 0 bridgehead atoms. The van der Waals surface area contributed by atoms with Gasteiger partial charge < -0.3 is 14.7 Å². The van der Waals surface area contributed by atoms with Gasteiger partial charge in [-0.3, -0.25) is 0 Å². The highest BCUT2D eigenvalue weighted by atomic mass is 16.5. The number of fused-ring (bicyclic) bond motifs is 1. The zero-order valence-electron chi connectivity index (χ0n) is 14.2. The van der Waals surface area contributed by atoms with Crippen molar-refractivity contribution in [2.75, 3.05) is 26.7 Å². The topological polar surface area (TPSA) is 32.7 Å². The van der Waals surface area contributed by atoms with E-state index in [2.05, 4.69) is 31.7 Å². The second-order valence-corrected chi connectivity index (χ2v) is 7.43. The van der Waals surface area contributed by atoms with Gasteiger partial charge in [-0.2, -0.15) is 0 Å². The number of aliphatic hydroxyl groups excluding tert-OH is 1. The summed E-state index contributed by atoms with van der Waals surface area (Å²) in [6.45, 7) is 12.2. The fraction of sp³-hybridized carbons (Fsp3) is 0.778. The summed E-state index contributed by atoms with van der Waals surface area (Å²) in [5.74, 6) is 2.18. The van der Waals surface area contributed by atoms with Crippen molar-refractivity contribution in [1.82, 2.24) is 4.90 Å². The predicted octanol–water partition coefficient (Wildman–Crippen LogP) is 3.21. The summed E-state index contributed by atoms with van der Waals surface area (Å²) in [6, 6.07) is 0. The summed E-state index contributed by atoms with van der Waals surface area (Å²) < 4.78 is 5.17. The van der Waals surface area contributed by atoms with Gasteiger partial charge in [0.15, 0.2) is 0 Å². The number of ether oxygens (including phenoxy) is 1. The lowest BCUT2D eigenvalue weighted by Gasteiger charge is -2.25. The molecule has 2 unspecified atom stereocenters. The van der Waals surface area contributed by atoms with E-state index in [0.717, 1.165) is 38.2 Å². The molecule has 1 aliphatic heterocycles. The van der Waals surface area contributed by atoms with Crippen LogP contribution in [0.2, 0.25) is 0 Å². The molecule has 0 aromatic rings. The van der Waals surface area contributed by atoms with Crippen molar-refractivity contribution in [3.63, 3.8) is 0 Å². The predicted molar refractivity (Wildman–Crippen MR) is 87.0 cm³/mol. The third-order valence-corrected chi connectivity index (χ3v) is 5.52. The fourth-order valence-corrected chi connectivity index (χ4v) is 3.93. The monoisotopic (exact) mass is 293 g/mol. The van der Waals surface area contributed by atoms with Crippen LogP contribution in [0.25, 0.3) is 0 Å². The van der Waals surface area contributed by atoms with E-state index in [0.29, 0.717) is 17.3 Å². The van der Waals surface area contributed by atoms with Crippen LogP contribution in [0.1, 0.15) is 40.5 Å². The lowest BCUT2D eigenvalue weighted by Crippen LogP contribution is -2.30. The Balaban J connectivity index is 1.89. The van der Waals surface area contributed by atoms with Crippen LogP contribution in [-0.2, 0) is 4.74 Å². The SMILES string of the molecule is CO/C(C)=C/C=C(\C)C(C)CN1C[C@H]2CC(O)C[C@@]2(C)C1. The third-order valence-electron chi connectivity index (χ3n) is 5.52. The highest BCUT2D eigenvalue weighted by Crippen LogP contribution is 2.48. The molecule has 1 N–H and O–H groups in total. The molecule has 3 nitrogen and oxygen atoms in total. The molecule has 2 aliphatic rings. The highest BCUT2D eigenvalue weighted by molar-refractivity contribution is 5.15. The van der Waals surface area contributed by atoms with Gasteiger partial charge in [-0.05, 0) is 50.0 Å². The minimum atomic E-state index is -0.0663. The van der Waals surface area contributed by atoms with E-state index in [9.17, 15) is 5.11 Å². The molecule has 3 heteroatoms. The first-order valence-corrected chi connectivity index (χ1v) is 8.13. The molecule has 2 fully saturated rings. The van der Waals surface area contributed by atoms with Crippen LogP contribution in [-0.4, -0.2) is 42.9 Å². The average Bonchev–Trinajstić information content (AvgIpc) is 2.84. The molecule has 4 atom stereocenters. The Kier molecular flexibility index (Phi) is 5.15. The Morgan fingerprint density at radius 2 is 2.14 bits per heavy atom. The zero-order chi connectivity index (χ0) is 15.6. The van der Waals surface area contributed by atoms with Gasteiger partial charge in [-0.1, -0.05) is 25.5 Å². The Morgan fingerprint density at radius 1 is 1.43 bits per heavy atom. The summed E-state index contributed by atoms with van der Waals surface area (Å²) in [4.78, 5) is 2.59. The standard InChI is InChI=1S/C18H31NO2/c1-13(6-7-15(3)21-5)14(2)10-19-11-16-8-17(20)9-18(16,4)12-19/h6-7,14,16-17,20H,8-12H2,1-5H3/b13-6+,15-7+/t14?,16-,17?,18+/m1/s1. The van der Waals surface area contributed by atoms with E-state index in [1.165, 1.54) is 5.57 Å². The number of methoxy groups -OCH3 is 1. The molecule has 1 heterocycles. The summed E-state index contributed by atoms with van der Waals surface area (Å²) in [6.07, 6.45) is 6.12. The minimum Gasteiger partial charge on any atom is -0.501 e. The second kappa shape index (κ2) is 6.53. The highest BCUT2D eigenvalue weighted by Gasteiger charge is 2.49. The number of likely N-dealkylation sites (tertiary alicyclic amines) is 1. The number of nitrogens with zero attached hydrogens (tertiary/aromatic N) is 1. The van der Waals surface area contributed by atoms with Gasteiger partial charge >= 0.3 is 0 Å². The average molecular weight is 293 g/mol. The maximum absolute atomic E-state index is 9.86. The first kappa shape index (κ1) is 16.6. The van der Waals surface area contributed by atoms with Crippen molar-refractivity contribution >= 4 is 0 Å². The van der Waals surface area contributed by atoms with E-state index in [-0.39, 0.29) is 6.10 Å². The van der Waals surface area contributed by atoms with Crippen LogP contribution in [0.5, 0.6) is 0 Å². The molecule has 0 aromatic carbocycles. The van der Waals surface area contributed by atoms with Crippen LogP contribution in [0.3, 0.4) is 0 Å². The Labute approximate surface area is 129 Å². The normalized spacial score (nSPS) is 35.9. The number of aliphatic hydroxyl groups is 1. The van der Waals surface area contributed by atoms with E-state index in [4.69, 9.17) is 4.74 Å². The number of allylic oxidation sites excluding steroid dienone is 3. The molecular formula is C18H31NO2. The van der Waals surface area contributed by atoms with Crippen molar-refractivity contribution in [3.05, 3.63) is 23.5 Å². The molecule has 0 aromatic heterocycles. The van der Waals surface area contributed by atoms with Gasteiger partial charge in [0, 0.05) is 19.6 Å². The summed E-state index contributed by atoms with van der Waals surface area (Å²) in [5, 5.41) is 9.86. The summed E-state index contributed by atoms with van der Waals surface area (Å²) in [7, 11) is 1.70. The third kappa shape index (κ3) is 3.89. The quantitative estimate of drug-likeness (QED) is 0.624. The molecule has 0 radical (unpaired) electrons. The first-order chi connectivity index (χ1) is 9.84. The second-order valence-electron chi connectivity index (χ2n) is 7.43. The largest absolute Gasteiger partial charge is 0.501 e. The van der Waals surface area contributed by atoms with Gasteiger partial charge in [-0.15, -0.1) is 0 Å². The zero-order valence-corrected chi connectivity index (χ0v) is 14.2. The van der Waals surface area contributed by atoms with Crippen LogP contribution in [0.15, 0.2) is 23.5 Å². The number of rotatable bonds is 5. The fourth-order valence-electron chi connectivity index (χ4n) is 3.93. The minimum absolute atomic E-state index is 0.0663. The van der Waals surface area contributed by atoms with Gasteiger partial charge in [0.1, 0.15) is 0 Å². The van der Waals surface area contributed by atoms with Crippen LogP contribution in [0, 0.1) is 17.3 Å². The molecule has 1 saturated heterocycles. The van der Waals surface area contributed by atoms with E-state index < -0.39 is 0 Å². The maximum Gasteiger partial charge on any atom is 0.0924 e.